The normalized spacial score (nSPS) is 11.3. The van der Waals surface area contributed by atoms with Crippen molar-refractivity contribution in [1.29, 1.82) is 0 Å². The van der Waals surface area contributed by atoms with E-state index in [-0.39, 0.29) is 17.1 Å². The number of hydrogen-bond donors (Lipinski definition) is 2. The minimum atomic E-state index is -0.774. The van der Waals surface area contributed by atoms with Crippen LogP contribution in [0.15, 0.2) is 60.8 Å². The molecule has 2 N–H and O–H groups in total. The van der Waals surface area contributed by atoms with Crippen LogP contribution >= 0.6 is 0 Å². The monoisotopic (exact) mass is 453 g/mol. The van der Waals surface area contributed by atoms with E-state index in [2.05, 4.69) is 15.6 Å². The number of carbonyl (C=O) groups is 2. The van der Waals surface area contributed by atoms with Gasteiger partial charge < -0.3 is 24.8 Å². The molecule has 0 radical (unpaired) electrons. The molecule has 8 nitrogen and oxygen atoms in total. The standard InChI is InChI=1S/C24H24FN3O5/c1-15(18-13-16(31-2)10-11-21(18)32-3)27-22(29)14-33-24(30)17-7-6-12-26-23(17)28-20-9-5-4-8-19(20)25/h4-13,15H,14H2,1-3H3,(H,26,28)(H,27,29). The first kappa shape index (κ1) is 23.5. The SMILES string of the molecule is COc1ccc(OC)c(C(C)NC(=O)COC(=O)c2cccnc2Nc2ccccc2F)c1. The number of rotatable bonds is 9. The first-order chi connectivity index (χ1) is 15.9. The average Bonchev–Trinajstić information content (AvgIpc) is 2.83. The zero-order chi connectivity index (χ0) is 23.8. The second-order valence-electron chi connectivity index (χ2n) is 6.98. The maximum absolute atomic E-state index is 13.9. The number of amides is 1. The highest BCUT2D eigenvalue weighted by Gasteiger charge is 2.19. The lowest BCUT2D eigenvalue weighted by atomic mass is 10.1. The van der Waals surface area contributed by atoms with Gasteiger partial charge in [0.15, 0.2) is 6.61 Å². The second-order valence-corrected chi connectivity index (χ2v) is 6.98. The van der Waals surface area contributed by atoms with Crippen LogP contribution in [0, 0.1) is 5.82 Å². The van der Waals surface area contributed by atoms with E-state index < -0.39 is 30.3 Å². The molecule has 0 saturated heterocycles. The number of carbonyl (C=O) groups excluding carboxylic acids is 2. The predicted octanol–water partition coefficient (Wildman–Crippen LogP) is 4.02. The number of benzene rings is 2. The number of anilines is 2. The highest BCUT2D eigenvalue weighted by Crippen LogP contribution is 2.29. The Balaban J connectivity index is 1.64. The molecule has 1 aromatic heterocycles. The van der Waals surface area contributed by atoms with Crippen LogP contribution in [0.25, 0.3) is 0 Å². The molecule has 33 heavy (non-hydrogen) atoms. The zero-order valence-corrected chi connectivity index (χ0v) is 18.4. The van der Waals surface area contributed by atoms with Gasteiger partial charge >= 0.3 is 5.97 Å². The van der Waals surface area contributed by atoms with Crippen LogP contribution in [0.1, 0.15) is 28.9 Å². The molecule has 1 unspecified atom stereocenters. The smallest absolute Gasteiger partial charge is 0.342 e. The fraction of sp³-hybridized carbons (Fsp3) is 0.208. The molecule has 0 aliphatic heterocycles. The van der Waals surface area contributed by atoms with Crippen molar-refractivity contribution < 1.29 is 28.2 Å². The van der Waals surface area contributed by atoms with Gasteiger partial charge in [0.25, 0.3) is 5.91 Å². The topological polar surface area (TPSA) is 98.8 Å². The summed E-state index contributed by atoms with van der Waals surface area (Å²) in [6, 6.07) is 13.8. The number of methoxy groups -OCH3 is 2. The first-order valence-electron chi connectivity index (χ1n) is 10.1. The molecule has 3 rings (SSSR count). The molecule has 172 valence electrons. The van der Waals surface area contributed by atoms with Crippen molar-refractivity contribution in [2.24, 2.45) is 0 Å². The number of nitrogens with zero attached hydrogens (tertiary/aromatic N) is 1. The number of halogens is 1. The summed E-state index contributed by atoms with van der Waals surface area (Å²) in [6.45, 7) is 1.26. The lowest BCUT2D eigenvalue weighted by molar-refractivity contribution is -0.124. The third-order valence-corrected chi connectivity index (χ3v) is 4.77. The number of ether oxygens (including phenoxy) is 3. The largest absolute Gasteiger partial charge is 0.497 e. The maximum atomic E-state index is 13.9. The van der Waals surface area contributed by atoms with Crippen LogP contribution in [-0.2, 0) is 9.53 Å². The Morgan fingerprint density at radius 2 is 1.85 bits per heavy atom. The van der Waals surface area contributed by atoms with Crippen LogP contribution in [0.5, 0.6) is 11.5 Å². The highest BCUT2D eigenvalue weighted by molar-refractivity contribution is 5.96. The van der Waals surface area contributed by atoms with Gasteiger partial charge in [-0.1, -0.05) is 12.1 Å². The van der Waals surface area contributed by atoms with Gasteiger partial charge in [-0.25, -0.2) is 14.2 Å². The number of nitrogens with one attached hydrogen (secondary N) is 2. The van der Waals surface area contributed by atoms with Gasteiger partial charge in [-0.05, 0) is 49.4 Å². The summed E-state index contributed by atoms with van der Waals surface area (Å²) < 4.78 is 29.7. The van der Waals surface area contributed by atoms with Crippen molar-refractivity contribution in [1.82, 2.24) is 10.3 Å². The molecule has 0 aliphatic carbocycles. The summed E-state index contributed by atoms with van der Waals surface area (Å²) in [5, 5.41) is 5.53. The molecule has 1 amide bonds. The van der Waals surface area contributed by atoms with Crippen molar-refractivity contribution >= 4 is 23.4 Å². The molecule has 0 fully saturated rings. The Morgan fingerprint density at radius 1 is 1.06 bits per heavy atom. The predicted molar refractivity (Wildman–Crippen MR) is 120 cm³/mol. The molecule has 1 atom stereocenters. The first-order valence-corrected chi connectivity index (χ1v) is 10.1. The summed E-state index contributed by atoms with van der Waals surface area (Å²) >= 11 is 0. The van der Waals surface area contributed by atoms with E-state index in [1.165, 1.54) is 31.5 Å². The highest BCUT2D eigenvalue weighted by atomic mass is 19.1. The van der Waals surface area contributed by atoms with Crippen LogP contribution in [0.2, 0.25) is 0 Å². The molecular weight excluding hydrogens is 429 g/mol. The Morgan fingerprint density at radius 3 is 2.58 bits per heavy atom. The van der Waals surface area contributed by atoms with Crippen LogP contribution < -0.4 is 20.1 Å². The lowest BCUT2D eigenvalue weighted by Crippen LogP contribution is -2.31. The van der Waals surface area contributed by atoms with Crippen LogP contribution in [-0.4, -0.2) is 37.7 Å². The van der Waals surface area contributed by atoms with Crippen molar-refractivity contribution in [3.05, 3.63) is 77.7 Å². The van der Waals surface area contributed by atoms with Crippen LogP contribution in [0.3, 0.4) is 0 Å². The quantitative estimate of drug-likeness (QED) is 0.472. The molecule has 1 heterocycles. The van der Waals surface area contributed by atoms with E-state index in [0.29, 0.717) is 17.1 Å². The van der Waals surface area contributed by atoms with Crippen LogP contribution in [0.4, 0.5) is 15.9 Å². The van der Waals surface area contributed by atoms with Gasteiger partial charge in [-0.3, -0.25) is 4.79 Å². The minimum Gasteiger partial charge on any atom is -0.497 e. The van der Waals surface area contributed by atoms with Gasteiger partial charge in [-0.2, -0.15) is 0 Å². The fourth-order valence-corrected chi connectivity index (χ4v) is 3.11. The number of para-hydroxylation sites is 1. The summed E-state index contributed by atoms with van der Waals surface area (Å²) in [5.74, 6) is -0.465. The molecule has 0 spiro atoms. The fourth-order valence-electron chi connectivity index (χ4n) is 3.11. The molecule has 3 aromatic rings. The van der Waals surface area contributed by atoms with E-state index in [1.54, 1.807) is 50.4 Å². The maximum Gasteiger partial charge on any atom is 0.342 e. The van der Waals surface area contributed by atoms with E-state index in [4.69, 9.17) is 14.2 Å². The molecule has 0 aliphatic rings. The number of esters is 1. The Labute approximate surface area is 190 Å². The van der Waals surface area contributed by atoms with E-state index >= 15 is 0 Å². The summed E-state index contributed by atoms with van der Waals surface area (Å²) in [4.78, 5) is 29.1. The van der Waals surface area contributed by atoms with Crippen molar-refractivity contribution in [2.75, 3.05) is 26.1 Å². The van der Waals surface area contributed by atoms with Crippen molar-refractivity contribution in [2.45, 2.75) is 13.0 Å². The average molecular weight is 453 g/mol. The van der Waals surface area contributed by atoms with Gasteiger partial charge in [0.2, 0.25) is 0 Å². The zero-order valence-electron chi connectivity index (χ0n) is 18.4. The van der Waals surface area contributed by atoms with Crippen molar-refractivity contribution in [3.63, 3.8) is 0 Å². The molecule has 2 aromatic carbocycles. The van der Waals surface area contributed by atoms with Gasteiger partial charge in [-0.15, -0.1) is 0 Å². The number of hydrogen-bond acceptors (Lipinski definition) is 7. The third-order valence-electron chi connectivity index (χ3n) is 4.77. The third kappa shape index (κ3) is 5.97. The molecule has 0 saturated carbocycles. The van der Waals surface area contributed by atoms with Gasteiger partial charge in [0.05, 0.1) is 25.9 Å². The van der Waals surface area contributed by atoms with Gasteiger partial charge in [0.1, 0.15) is 28.7 Å². The lowest BCUT2D eigenvalue weighted by Gasteiger charge is -2.18. The van der Waals surface area contributed by atoms with E-state index in [0.717, 1.165) is 0 Å². The Kier molecular flexibility index (Phi) is 7.80. The summed E-state index contributed by atoms with van der Waals surface area (Å²) in [6.07, 6.45) is 1.45. The van der Waals surface area contributed by atoms with E-state index in [1.807, 2.05) is 0 Å². The minimum absolute atomic E-state index is 0.0658. The molecule has 9 heteroatoms. The molecular formula is C24H24FN3O5. The van der Waals surface area contributed by atoms with Gasteiger partial charge in [0, 0.05) is 11.8 Å². The summed E-state index contributed by atoms with van der Waals surface area (Å²) in [5.41, 5.74) is 0.931. The Hall–Kier alpha value is -4.14. The Bertz CT molecular complexity index is 1140. The number of aromatic nitrogens is 1. The second kappa shape index (κ2) is 10.9. The number of pyridine rings is 1. The molecule has 0 bridgehead atoms. The van der Waals surface area contributed by atoms with Crippen molar-refractivity contribution in [3.8, 4) is 11.5 Å². The van der Waals surface area contributed by atoms with E-state index in [9.17, 15) is 14.0 Å². The summed E-state index contributed by atoms with van der Waals surface area (Å²) in [7, 11) is 3.07.